The molecule has 0 aliphatic carbocycles. The number of hydrogen-bond donors (Lipinski definition) is 1. The molecule has 176 valence electrons. The van der Waals surface area contributed by atoms with Crippen molar-refractivity contribution in [2.75, 3.05) is 20.8 Å². The first-order chi connectivity index (χ1) is 16.3. The van der Waals surface area contributed by atoms with Crippen LogP contribution in [0.2, 0.25) is 0 Å². The van der Waals surface area contributed by atoms with Gasteiger partial charge in [0, 0.05) is 6.54 Å². The number of carbonyl (C=O) groups excluding carboxylic acids is 1. The number of aryl methyl sites for hydroxylation is 1. The van der Waals surface area contributed by atoms with Gasteiger partial charge in [0.05, 0.1) is 19.8 Å². The Hall–Kier alpha value is -4.32. The molecule has 1 aromatic heterocycles. The van der Waals surface area contributed by atoms with Crippen LogP contribution in [0.3, 0.4) is 0 Å². The molecule has 0 aliphatic heterocycles. The summed E-state index contributed by atoms with van der Waals surface area (Å²) in [5, 5.41) is 20.3. The van der Waals surface area contributed by atoms with Crippen LogP contribution in [-0.2, 0) is 13.0 Å². The first kappa shape index (κ1) is 24.3. The van der Waals surface area contributed by atoms with E-state index in [1.807, 2.05) is 6.07 Å². The summed E-state index contributed by atoms with van der Waals surface area (Å²) in [6.45, 7) is 0.955. The Morgan fingerprint density at radius 2 is 1.79 bits per heavy atom. The Morgan fingerprint density at radius 1 is 1.12 bits per heavy atom. The second-order valence-electron chi connectivity index (χ2n) is 7.37. The Kier molecular flexibility index (Phi) is 7.53. The van der Waals surface area contributed by atoms with E-state index in [1.165, 1.54) is 45.4 Å². The smallest absolute Gasteiger partial charge is 0.271 e. The molecule has 0 bridgehead atoms. The highest BCUT2D eigenvalue weighted by atomic mass is 19.1. The van der Waals surface area contributed by atoms with Gasteiger partial charge in [-0.25, -0.2) is 4.39 Å². The van der Waals surface area contributed by atoms with Gasteiger partial charge >= 0.3 is 0 Å². The van der Waals surface area contributed by atoms with Gasteiger partial charge in [-0.2, -0.15) is 5.26 Å². The van der Waals surface area contributed by atoms with Crippen molar-refractivity contribution in [2.45, 2.75) is 19.9 Å². The Labute approximate surface area is 195 Å². The highest BCUT2D eigenvalue weighted by molar-refractivity contribution is 6.01. The minimum atomic E-state index is -0.700. The summed E-state index contributed by atoms with van der Waals surface area (Å²) in [7, 11) is 3.02. The second kappa shape index (κ2) is 10.5. The average Bonchev–Trinajstić information content (AvgIpc) is 2.83. The first-order valence-electron chi connectivity index (χ1n) is 10.3. The molecule has 0 spiro atoms. The molecule has 0 saturated heterocycles. The van der Waals surface area contributed by atoms with Crippen LogP contribution in [0.4, 0.5) is 4.39 Å². The normalized spacial score (nSPS) is 10.4. The number of nitrogens with zero attached hydrogens (tertiary/aromatic N) is 2. The van der Waals surface area contributed by atoms with Crippen LogP contribution in [-0.4, -0.2) is 36.3 Å². The second-order valence-corrected chi connectivity index (χ2v) is 7.37. The van der Waals surface area contributed by atoms with Gasteiger partial charge in [0.25, 0.3) is 5.56 Å². The molecule has 1 heterocycles. The number of benzene rings is 2. The summed E-state index contributed by atoms with van der Waals surface area (Å²) in [6.07, 6.45) is 0.307. The molecule has 3 aromatic rings. The maximum Gasteiger partial charge on any atom is 0.271 e. The van der Waals surface area contributed by atoms with E-state index in [4.69, 9.17) is 14.2 Å². The minimum Gasteiger partial charge on any atom is -0.494 e. The monoisotopic (exact) mass is 466 g/mol. The fraction of sp³-hybridized carbons (Fsp3) is 0.240. The summed E-state index contributed by atoms with van der Waals surface area (Å²) in [6, 6.07) is 12.2. The van der Waals surface area contributed by atoms with E-state index in [0.717, 1.165) is 10.1 Å². The number of aromatic nitrogens is 1. The van der Waals surface area contributed by atoms with Crippen molar-refractivity contribution in [1.82, 2.24) is 4.57 Å². The fourth-order valence-electron chi connectivity index (χ4n) is 3.52. The number of hydrogen-bond acceptors (Lipinski definition) is 7. The summed E-state index contributed by atoms with van der Waals surface area (Å²) in [5.41, 5.74) is -0.259. The van der Waals surface area contributed by atoms with E-state index in [-0.39, 0.29) is 29.0 Å². The molecule has 3 rings (SSSR count). The molecule has 0 unspecified atom stereocenters. The summed E-state index contributed by atoms with van der Waals surface area (Å²) in [4.78, 5) is 25.7. The largest absolute Gasteiger partial charge is 0.494 e. The highest BCUT2D eigenvalue weighted by Gasteiger charge is 2.24. The summed E-state index contributed by atoms with van der Waals surface area (Å²) < 4.78 is 29.9. The molecule has 0 atom stereocenters. The van der Waals surface area contributed by atoms with Crippen molar-refractivity contribution >= 4 is 5.78 Å². The van der Waals surface area contributed by atoms with Gasteiger partial charge in [-0.05, 0) is 60.9 Å². The molecular formula is C25H23FN2O6. The quantitative estimate of drug-likeness (QED) is 0.481. The number of nitriles is 1. The van der Waals surface area contributed by atoms with Crippen LogP contribution in [0.25, 0.3) is 0 Å². The van der Waals surface area contributed by atoms with Crippen LogP contribution >= 0.6 is 0 Å². The van der Waals surface area contributed by atoms with E-state index in [9.17, 15) is 24.3 Å². The fourth-order valence-corrected chi connectivity index (χ4v) is 3.52. The molecule has 0 saturated carbocycles. The highest BCUT2D eigenvalue weighted by Crippen LogP contribution is 2.28. The molecule has 0 amide bonds. The molecule has 0 radical (unpaired) electrons. The van der Waals surface area contributed by atoms with E-state index in [1.54, 1.807) is 18.2 Å². The number of methoxy groups -OCH3 is 2. The van der Waals surface area contributed by atoms with E-state index in [0.29, 0.717) is 17.9 Å². The first-order valence-corrected chi connectivity index (χ1v) is 10.3. The van der Waals surface area contributed by atoms with Gasteiger partial charge < -0.3 is 19.3 Å². The molecule has 9 heteroatoms. The van der Waals surface area contributed by atoms with E-state index >= 15 is 0 Å². The standard InChI is InChI=1S/C25H23FN2O6/c1-15-19(13-27)24(30)28(11-10-16-4-9-21(32-2)22(12-16)33-3)25(31)23(15)20(29)14-34-18-7-5-17(26)6-8-18/h4-9,12,31H,10-11,14H2,1-3H3. The Morgan fingerprint density at radius 3 is 2.41 bits per heavy atom. The van der Waals surface area contributed by atoms with Gasteiger partial charge in [-0.15, -0.1) is 0 Å². The predicted octanol–water partition coefficient (Wildman–Crippen LogP) is 3.39. The van der Waals surface area contributed by atoms with Gasteiger partial charge in [0.1, 0.15) is 23.2 Å². The lowest BCUT2D eigenvalue weighted by molar-refractivity contribution is 0.0916. The number of ether oxygens (including phenoxy) is 3. The zero-order valence-electron chi connectivity index (χ0n) is 18.9. The van der Waals surface area contributed by atoms with Crippen molar-refractivity contribution in [2.24, 2.45) is 0 Å². The lowest BCUT2D eigenvalue weighted by Crippen LogP contribution is -2.28. The summed E-state index contributed by atoms with van der Waals surface area (Å²) >= 11 is 0. The average molecular weight is 466 g/mol. The number of pyridine rings is 1. The third-order valence-corrected chi connectivity index (χ3v) is 5.33. The maximum atomic E-state index is 13.1. The van der Waals surface area contributed by atoms with Gasteiger partial charge in [0.2, 0.25) is 11.7 Å². The SMILES string of the molecule is COc1ccc(CCn2c(O)c(C(=O)COc3ccc(F)cc3)c(C)c(C#N)c2=O)cc1OC. The van der Waals surface area contributed by atoms with Gasteiger partial charge in [-0.1, -0.05) is 6.07 Å². The number of halogens is 1. The van der Waals surface area contributed by atoms with Crippen LogP contribution in [0, 0.1) is 24.1 Å². The molecule has 2 aromatic carbocycles. The molecule has 1 N–H and O–H groups in total. The van der Waals surface area contributed by atoms with Gasteiger partial charge in [0.15, 0.2) is 18.1 Å². The van der Waals surface area contributed by atoms with E-state index < -0.39 is 29.6 Å². The van der Waals surface area contributed by atoms with Crippen LogP contribution in [0.1, 0.15) is 27.0 Å². The molecular weight excluding hydrogens is 443 g/mol. The molecule has 0 fully saturated rings. The minimum absolute atomic E-state index is 0.00814. The van der Waals surface area contributed by atoms with Gasteiger partial charge in [-0.3, -0.25) is 14.2 Å². The zero-order valence-corrected chi connectivity index (χ0v) is 18.9. The van der Waals surface area contributed by atoms with Crippen molar-refractivity contribution in [3.8, 4) is 29.2 Å². The lowest BCUT2D eigenvalue weighted by atomic mass is 10.0. The van der Waals surface area contributed by atoms with Crippen molar-refractivity contribution < 1.29 is 28.5 Å². The van der Waals surface area contributed by atoms with Crippen molar-refractivity contribution in [1.29, 1.82) is 5.26 Å². The molecule has 0 aliphatic rings. The maximum absolute atomic E-state index is 13.1. The number of Topliss-reactive ketones (excluding diaryl/α,β-unsaturated/α-hetero) is 1. The Bertz CT molecular complexity index is 1310. The van der Waals surface area contributed by atoms with E-state index in [2.05, 4.69) is 0 Å². The summed E-state index contributed by atoms with van der Waals surface area (Å²) in [5.74, 6) is -0.318. The predicted molar refractivity (Wildman–Crippen MR) is 121 cm³/mol. The molecule has 34 heavy (non-hydrogen) atoms. The van der Waals surface area contributed by atoms with Crippen LogP contribution in [0.5, 0.6) is 23.1 Å². The third kappa shape index (κ3) is 5.02. The lowest BCUT2D eigenvalue weighted by Gasteiger charge is -2.16. The zero-order chi connectivity index (χ0) is 24.8. The Balaban J connectivity index is 1.90. The topological polar surface area (TPSA) is 111 Å². The number of carbonyl (C=O) groups is 1. The number of ketones is 1. The van der Waals surface area contributed by atoms with Crippen LogP contribution in [0.15, 0.2) is 47.3 Å². The number of rotatable bonds is 9. The van der Waals surface area contributed by atoms with Crippen molar-refractivity contribution in [3.05, 3.63) is 80.9 Å². The van der Waals surface area contributed by atoms with Crippen LogP contribution < -0.4 is 19.8 Å². The number of aromatic hydroxyl groups is 1. The van der Waals surface area contributed by atoms with Crippen molar-refractivity contribution in [3.63, 3.8) is 0 Å². The third-order valence-electron chi connectivity index (χ3n) is 5.33. The molecule has 8 nitrogen and oxygen atoms in total.